The van der Waals surface area contributed by atoms with Gasteiger partial charge in [-0.3, -0.25) is 4.79 Å². The summed E-state index contributed by atoms with van der Waals surface area (Å²) in [6.07, 6.45) is 0. The van der Waals surface area contributed by atoms with Crippen LogP contribution < -0.4 is 5.32 Å². The summed E-state index contributed by atoms with van der Waals surface area (Å²) >= 11 is 0. The van der Waals surface area contributed by atoms with Gasteiger partial charge in [-0.05, 0) is 42.8 Å². The fraction of sp³-hybridized carbons (Fsp3) is 0.0714. The van der Waals surface area contributed by atoms with Gasteiger partial charge in [-0.25, -0.2) is 17.6 Å². The number of benzene rings is 2. The van der Waals surface area contributed by atoms with Crippen LogP contribution in [0.15, 0.2) is 30.3 Å². The third-order valence-electron chi connectivity index (χ3n) is 2.72. The normalized spacial score (nSPS) is 10.4. The molecule has 104 valence electrons. The molecule has 0 fully saturated rings. The van der Waals surface area contributed by atoms with Crippen molar-refractivity contribution in [3.63, 3.8) is 0 Å². The highest BCUT2D eigenvalue weighted by Gasteiger charge is 2.17. The van der Waals surface area contributed by atoms with E-state index in [2.05, 4.69) is 5.32 Å². The quantitative estimate of drug-likeness (QED) is 0.659. The maximum atomic E-state index is 13.4. The summed E-state index contributed by atoms with van der Waals surface area (Å²) in [6.45, 7) is 1.50. The van der Waals surface area contributed by atoms with Gasteiger partial charge in [-0.15, -0.1) is 0 Å². The molecule has 0 bridgehead atoms. The van der Waals surface area contributed by atoms with Crippen molar-refractivity contribution in [3.8, 4) is 0 Å². The van der Waals surface area contributed by atoms with Crippen molar-refractivity contribution in [3.05, 3.63) is 64.7 Å². The Labute approximate surface area is 112 Å². The van der Waals surface area contributed by atoms with Crippen LogP contribution in [0.25, 0.3) is 0 Å². The second-order valence-corrected chi connectivity index (χ2v) is 4.14. The summed E-state index contributed by atoms with van der Waals surface area (Å²) in [6, 6.07) is 5.04. The van der Waals surface area contributed by atoms with Gasteiger partial charge < -0.3 is 5.32 Å². The second-order valence-electron chi connectivity index (χ2n) is 4.14. The van der Waals surface area contributed by atoms with Gasteiger partial charge >= 0.3 is 0 Å². The van der Waals surface area contributed by atoms with Gasteiger partial charge in [0, 0.05) is 5.56 Å². The Bertz CT molecular complexity index is 685. The molecule has 0 aliphatic rings. The Morgan fingerprint density at radius 1 is 1.00 bits per heavy atom. The number of rotatable bonds is 2. The van der Waals surface area contributed by atoms with E-state index in [-0.39, 0.29) is 5.56 Å². The van der Waals surface area contributed by atoms with E-state index in [0.29, 0.717) is 11.6 Å². The summed E-state index contributed by atoms with van der Waals surface area (Å²) in [5.74, 6) is -5.76. The molecule has 6 heteroatoms. The van der Waals surface area contributed by atoms with E-state index >= 15 is 0 Å². The molecule has 1 N–H and O–H groups in total. The minimum absolute atomic E-state index is 0.107. The highest BCUT2D eigenvalue weighted by Crippen LogP contribution is 2.21. The van der Waals surface area contributed by atoms with Crippen LogP contribution in [0.2, 0.25) is 0 Å². The van der Waals surface area contributed by atoms with Crippen molar-refractivity contribution in [2.75, 3.05) is 5.32 Å². The van der Waals surface area contributed by atoms with E-state index in [9.17, 15) is 22.4 Å². The lowest BCUT2D eigenvalue weighted by molar-refractivity contribution is 0.102. The number of aryl methyl sites for hydroxylation is 1. The molecule has 0 saturated carbocycles. The standard InChI is InChI=1S/C14H9F4NO/c1-7-6-8(15)2-3-9(7)14(20)19-11-5-4-10(16)12(17)13(11)18/h2-6H,1H3,(H,19,20). The van der Waals surface area contributed by atoms with Crippen LogP contribution in [-0.4, -0.2) is 5.91 Å². The van der Waals surface area contributed by atoms with Gasteiger partial charge in [-0.2, -0.15) is 0 Å². The summed E-state index contributed by atoms with van der Waals surface area (Å²) in [5, 5.41) is 2.11. The summed E-state index contributed by atoms with van der Waals surface area (Å²) in [5.41, 5.74) is -0.0429. The molecule has 2 aromatic carbocycles. The van der Waals surface area contributed by atoms with Crippen molar-refractivity contribution in [2.24, 2.45) is 0 Å². The van der Waals surface area contributed by atoms with Gasteiger partial charge in [0.25, 0.3) is 5.91 Å². The first-order valence-electron chi connectivity index (χ1n) is 5.61. The highest BCUT2D eigenvalue weighted by molar-refractivity contribution is 6.05. The Kier molecular flexibility index (Phi) is 3.74. The number of nitrogens with one attached hydrogen (secondary N) is 1. The van der Waals surface area contributed by atoms with E-state index in [1.807, 2.05) is 0 Å². The molecule has 0 aliphatic carbocycles. The Balaban J connectivity index is 2.30. The van der Waals surface area contributed by atoms with Crippen LogP contribution in [0.4, 0.5) is 23.2 Å². The zero-order valence-electron chi connectivity index (χ0n) is 10.3. The molecule has 0 saturated heterocycles. The molecule has 0 unspecified atom stereocenters. The fourth-order valence-corrected chi connectivity index (χ4v) is 1.69. The first-order valence-corrected chi connectivity index (χ1v) is 5.61. The second kappa shape index (κ2) is 5.32. The molecule has 2 aromatic rings. The van der Waals surface area contributed by atoms with Crippen molar-refractivity contribution < 1.29 is 22.4 Å². The lowest BCUT2D eigenvalue weighted by atomic mass is 10.1. The van der Waals surface area contributed by atoms with Crippen LogP contribution in [0.5, 0.6) is 0 Å². The first-order chi connectivity index (χ1) is 9.40. The van der Waals surface area contributed by atoms with Crippen LogP contribution in [0.1, 0.15) is 15.9 Å². The van der Waals surface area contributed by atoms with Crippen molar-refractivity contribution in [1.82, 2.24) is 0 Å². The summed E-state index contributed by atoms with van der Waals surface area (Å²) in [4.78, 5) is 11.9. The largest absolute Gasteiger partial charge is 0.319 e. The van der Waals surface area contributed by atoms with Crippen molar-refractivity contribution in [2.45, 2.75) is 6.92 Å². The Hall–Kier alpha value is -2.37. The van der Waals surface area contributed by atoms with Gasteiger partial charge in [0.05, 0.1) is 5.69 Å². The number of amides is 1. The van der Waals surface area contributed by atoms with E-state index in [4.69, 9.17) is 0 Å². The Morgan fingerprint density at radius 3 is 2.35 bits per heavy atom. The average Bonchev–Trinajstić information content (AvgIpc) is 2.39. The number of anilines is 1. The van der Waals surface area contributed by atoms with E-state index < -0.39 is 34.9 Å². The molecular formula is C14H9F4NO. The zero-order valence-corrected chi connectivity index (χ0v) is 10.3. The van der Waals surface area contributed by atoms with Crippen molar-refractivity contribution >= 4 is 11.6 Å². The number of hydrogen-bond donors (Lipinski definition) is 1. The molecule has 1 amide bonds. The molecule has 2 nitrogen and oxygen atoms in total. The fourth-order valence-electron chi connectivity index (χ4n) is 1.69. The predicted octanol–water partition coefficient (Wildman–Crippen LogP) is 3.80. The molecule has 0 aromatic heterocycles. The van der Waals surface area contributed by atoms with Gasteiger partial charge in [-0.1, -0.05) is 0 Å². The third-order valence-corrected chi connectivity index (χ3v) is 2.72. The SMILES string of the molecule is Cc1cc(F)ccc1C(=O)Nc1ccc(F)c(F)c1F. The third kappa shape index (κ3) is 2.64. The maximum Gasteiger partial charge on any atom is 0.256 e. The minimum Gasteiger partial charge on any atom is -0.319 e. The van der Waals surface area contributed by atoms with Crippen LogP contribution in [0, 0.1) is 30.2 Å². The summed E-state index contributed by atoms with van der Waals surface area (Å²) in [7, 11) is 0. The monoisotopic (exact) mass is 283 g/mol. The number of carbonyl (C=O) groups is 1. The van der Waals surface area contributed by atoms with E-state index in [0.717, 1.165) is 18.2 Å². The minimum atomic E-state index is -1.67. The van der Waals surface area contributed by atoms with Gasteiger partial charge in [0.2, 0.25) is 0 Å². The number of hydrogen-bond acceptors (Lipinski definition) is 1. The topological polar surface area (TPSA) is 29.1 Å². The first kappa shape index (κ1) is 14.0. The molecule has 0 atom stereocenters. The molecule has 0 aliphatic heterocycles. The molecule has 0 radical (unpaired) electrons. The smallest absolute Gasteiger partial charge is 0.256 e. The van der Waals surface area contributed by atoms with E-state index in [1.165, 1.54) is 13.0 Å². The summed E-state index contributed by atoms with van der Waals surface area (Å²) < 4.78 is 52.1. The molecule has 0 spiro atoms. The van der Waals surface area contributed by atoms with Crippen molar-refractivity contribution in [1.29, 1.82) is 0 Å². The van der Waals surface area contributed by atoms with Gasteiger partial charge in [0.1, 0.15) is 5.82 Å². The zero-order chi connectivity index (χ0) is 14.9. The van der Waals surface area contributed by atoms with E-state index in [1.54, 1.807) is 0 Å². The van der Waals surface area contributed by atoms with Crippen LogP contribution in [0.3, 0.4) is 0 Å². The number of halogens is 4. The molecule has 0 heterocycles. The maximum absolute atomic E-state index is 13.4. The average molecular weight is 283 g/mol. The van der Waals surface area contributed by atoms with Crippen LogP contribution in [-0.2, 0) is 0 Å². The number of carbonyl (C=O) groups excluding carboxylic acids is 1. The van der Waals surface area contributed by atoms with Gasteiger partial charge in [0.15, 0.2) is 17.5 Å². The lowest BCUT2D eigenvalue weighted by Crippen LogP contribution is -2.15. The highest BCUT2D eigenvalue weighted by atomic mass is 19.2. The molecule has 20 heavy (non-hydrogen) atoms. The predicted molar refractivity (Wildman–Crippen MR) is 65.4 cm³/mol. The molecular weight excluding hydrogens is 274 g/mol. The lowest BCUT2D eigenvalue weighted by Gasteiger charge is -2.09. The Morgan fingerprint density at radius 2 is 1.70 bits per heavy atom. The van der Waals surface area contributed by atoms with Crippen LogP contribution >= 0.6 is 0 Å². The molecule has 2 rings (SSSR count).